The molecule has 0 aromatic rings. The summed E-state index contributed by atoms with van der Waals surface area (Å²) in [6.45, 7) is 2.51. The molecule has 7 nitrogen and oxygen atoms in total. The third-order valence-corrected chi connectivity index (χ3v) is 8.70. The molecule has 0 aromatic carbocycles. The lowest BCUT2D eigenvalue weighted by atomic mass is 9.79. The quantitative estimate of drug-likeness (QED) is 0.562. The van der Waals surface area contributed by atoms with Crippen molar-refractivity contribution in [3.63, 3.8) is 0 Å². The van der Waals surface area contributed by atoms with Gasteiger partial charge in [-0.15, -0.1) is 0 Å². The molecule has 2 aliphatic carbocycles. The molecule has 0 spiro atoms. The lowest BCUT2D eigenvalue weighted by molar-refractivity contribution is -0.137. The fraction of sp³-hybridized carbons (Fsp3) is 0.941. The van der Waals surface area contributed by atoms with Gasteiger partial charge >= 0.3 is 0 Å². The molecular formula is C17H29FN2O5S. The van der Waals surface area contributed by atoms with E-state index in [1.807, 2.05) is 6.92 Å². The predicted molar refractivity (Wildman–Crippen MR) is 92.7 cm³/mol. The molecule has 0 bridgehead atoms. The molecule has 1 saturated heterocycles. The van der Waals surface area contributed by atoms with Crippen molar-refractivity contribution in [3.8, 4) is 0 Å². The van der Waals surface area contributed by atoms with Crippen LogP contribution in [0.1, 0.15) is 51.9 Å². The first-order valence-electron chi connectivity index (χ1n) is 9.53. The van der Waals surface area contributed by atoms with Crippen LogP contribution in [0.2, 0.25) is 0 Å². The van der Waals surface area contributed by atoms with Crippen LogP contribution in [-0.4, -0.2) is 60.6 Å². The molecule has 3 fully saturated rings. The van der Waals surface area contributed by atoms with Gasteiger partial charge in [-0.2, -0.15) is 4.31 Å². The molecule has 3 unspecified atom stereocenters. The summed E-state index contributed by atoms with van der Waals surface area (Å²) in [6, 6.07) is -0.279. The van der Waals surface area contributed by atoms with E-state index in [2.05, 4.69) is 0 Å². The number of carbonyl (C=O) groups is 1. The predicted octanol–water partition coefficient (Wildman–Crippen LogP) is 1.61. The number of fused-ring (bicyclic) bond motifs is 1. The zero-order valence-electron chi connectivity index (χ0n) is 15.1. The van der Waals surface area contributed by atoms with Gasteiger partial charge < -0.3 is 4.74 Å². The lowest BCUT2D eigenvalue weighted by Gasteiger charge is -2.36. The topological polar surface area (TPSA) is 95.9 Å². The molecule has 2 N–H and O–H groups in total. The molecule has 3 rings (SSSR count). The Morgan fingerprint density at radius 1 is 1.19 bits per heavy atom. The van der Waals surface area contributed by atoms with Crippen molar-refractivity contribution in [1.29, 1.82) is 0 Å². The van der Waals surface area contributed by atoms with E-state index in [0.717, 1.165) is 0 Å². The Morgan fingerprint density at radius 3 is 2.54 bits per heavy atom. The Balaban J connectivity index is 1.71. The maximum absolute atomic E-state index is 13.4. The van der Waals surface area contributed by atoms with E-state index in [4.69, 9.17) is 9.94 Å². The summed E-state index contributed by atoms with van der Waals surface area (Å²) < 4.78 is 47.2. The van der Waals surface area contributed by atoms with Gasteiger partial charge in [-0.25, -0.2) is 18.3 Å². The molecule has 26 heavy (non-hydrogen) atoms. The van der Waals surface area contributed by atoms with Crippen molar-refractivity contribution in [2.24, 2.45) is 11.8 Å². The zero-order valence-corrected chi connectivity index (χ0v) is 16.0. The largest absolute Gasteiger partial charge is 0.376 e. The minimum absolute atomic E-state index is 0.0370. The molecular weight excluding hydrogens is 363 g/mol. The SMILES string of the molecule is C[C@H]1COC2CC(C(=O)NO)CCC2CN1S(=O)(=O)C1CCC(F)CC1. The first kappa shape index (κ1) is 20.0. The van der Waals surface area contributed by atoms with Gasteiger partial charge in [0, 0.05) is 18.5 Å². The highest BCUT2D eigenvalue weighted by atomic mass is 32.2. The van der Waals surface area contributed by atoms with E-state index in [1.165, 1.54) is 0 Å². The molecule has 0 aromatic heterocycles. The van der Waals surface area contributed by atoms with Crippen LogP contribution in [0.15, 0.2) is 0 Å². The highest BCUT2D eigenvalue weighted by Crippen LogP contribution is 2.37. The summed E-state index contributed by atoms with van der Waals surface area (Å²) >= 11 is 0. The molecule has 1 heterocycles. The minimum atomic E-state index is -3.50. The summed E-state index contributed by atoms with van der Waals surface area (Å²) in [7, 11) is -3.50. The van der Waals surface area contributed by atoms with Crippen LogP contribution in [0.3, 0.4) is 0 Å². The fourth-order valence-corrected chi connectivity index (χ4v) is 6.77. The van der Waals surface area contributed by atoms with Gasteiger partial charge in [-0.05, 0) is 57.8 Å². The number of amides is 1. The third kappa shape index (κ3) is 4.05. The number of hydroxylamine groups is 1. The number of nitrogens with one attached hydrogen (secondary N) is 1. The van der Waals surface area contributed by atoms with E-state index < -0.39 is 27.4 Å². The van der Waals surface area contributed by atoms with Crippen LogP contribution in [0, 0.1) is 11.8 Å². The summed E-state index contributed by atoms with van der Waals surface area (Å²) in [4.78, 5) is 11.7. The maximum atomic E-state index is 13.4. The maximum Gasteiger partial charge on any atom is 0.246 e. The Morgan fingerprint density at radius 2 is 1.88 bits per heavy atom. The van der Waals surface area contributed by atoms with E-state index in [1.54, 1.807) is 9.79 Å². The van der Waals surface area contributed by atoms with E-state index >= 15 is 0 Å². The molecule has 9 heteroatoms. The van der Waals surface area contributed by atoms with Gasteiger partial charge in [0.15, 0.2) is 0 Å². The van der Waals surface area contributed by atoms with Gasteiger partial charge in [0.1, 0.15) is 6.17 Å². The summed E-state index contributed by atoms with van der Waals surface area (Å²) in [6.07, 6.45) is 2.08. The molecule has 4 atom stereocenters. The number of alkyl halides is 1. The number of ether oxygens (including phenoxy) is 1. The van der Waals surface area contributed by atoms with Crippen LogP contribution in [-0.2, 0) is 19.6 Å². The standard InChI is InChI=1S/C17H29FN2O5S/c1-11-10-25-16-8-12(17(21)19-22)2-3-13(16)9-20(11)26(23,24)15-6-4-14(18)5-7-15/h11-16,22H,2-10H2,1H3,(H,19,21)/t11-,12?,13?,14?,15?,16?/m0/s1. The van der Waals surface area contributed by atoms with Crippen LogP contribution in [0.5, 0.6) is 0 Å². The minimum Gasteiger partial charge on any atom is -0.376 e. The molecule has 0 radical (unpaired) electrons. The van der Waals surface area contributed by atoms with Crippen molar-refractivity contribution >= 4 is 15.9 Å². The number of sulfonamides is 1. The number of hydrogen-bond donors (Lipinski definition) is 2. The summed E-state index contributed by atoms with van der Waals surface area (Å²) in [5.74, 6) is -0.675. The van der Waals surface area contributed by atoms with Gasteiger partial charge in [0.05, 0.1) is 18.0 Å². The first-order valence-corrected chi connectivity index (χ1v) is 11.0. The number of rotatable bonds is 3. The van der Waals surface area contributed by atoms with E-state index in [0.29, 0.717) is 51.5 Å². The second-order valence-corrected chi connectivity index (χ2v) is 10.1. The normalized spacial score (nSPS) is 39.7. The zero-order chi connectivity index (χ0) is 18.9. The Kier molecular flexibility index (Phi) is 6.21. The van der Waals surface area contributed by atoms with E-state index in [9.17, 15) is 17.6 Å². The highest BCUT2D eigenvalue weighted by molar-refractivity contribution is 7.89. The molecule has 150 valence electrons. The molecule has 2 saturated carbocycles. The van der Waals surface area contributed by atoms with Crippen molar-refractivity contribution in [3.05, 3.63) is 0 Å². The van der Waals surface area contributed by atoms with E-state index in [-0.39, 0.29) is 30.6 Å². The highest BCUT2D eigenvalue weighted by Gasteiger charge is 2.44. The number of hydrogen-bond acceptors (Lipinski definition) is 5. The Hall–Kier alpha value is -0.770. The second-order valence-electron chi connectivity index (χ2n) is 7.96. The van der Waals surface area contributed by atoms with Crippen LogP contribution in [0.25, 0.3) is 0 Å². The number of halogens is 1. The van der Waals surface area contributed by atoms with Crippen LogP contribution < -0.4 is 5.48 Å². The average Bonchev–Trinajstić information content (AvgIpc) is 2.80. The van der Waals surface area contributed by atoms with Crippen LogP contribution >= 0.6 is 0 Å². The van der Waals surface area contributed by atoms with Crippen molar-refractivity contribution < 1.29 is 27.5 Å². The van der Waals surface area contributed by atoms with Crippen LogP contribution in [0.4, 0.5) is 4.39 Å². The average molecular weight is 392 g/mol. The second kappa shape index (κ2) is 8.08. The Bertz CT molecular complexity index is 608. The first-order chi connectivity index (χ1) is 12.3. The van der Waals surface area contributed by atoms with Crippen molar-refractivity contribution in [1.82, 2.24) is 9.79 Å². The van der Waals surface area contributed by atoms with Gasteiger partial charge in [0.2, 0.25) is 15.9 Å². The molecule has 1 aliphatic heterocycles. The smallest absolute Gasteiger partial charge is 0.246 e. The Labute approximate surface area is 154 Å². The summed E-state index contributed by atoms with van der Waals surface area (Å²) in [5, 5.41) is 8.33. The molecule has 1 amide bonds. The third-order valence-electron chi connectivity index (χ3n) is 6.22. The van der Waals surface area contributed by atoms with Crippen molar-refractivity contribution in [2.45, 2.75) is 75.4 Å². The lowest BCUT2D eigenvalue weighted by Crippen LogP contribution is -2.48. The summed E-state index contributed by atoms with van der Waals surface area (Å²) in [5.41, 5.74) is 1.70. The number of carbonyl (C=O) groups excluding carboxylic acids is 1. The fourth-order valence-electron chi connectivity index (χ4n) is 4.56. The molecule has 3 aliphatic rings. The monoisotopic (exact) mass is 392 g/mol. The van der Waals surface area contributed by atoms with Crippen molar-refractivity contribution in [2.75, 3.05) is 13.2 Å². The van der Waals surface area contributed by atoms with Gasteiger partial charge in [-0.3, -0.25) is 10.0 Å². The van der Waals surface area contributed by atoms with Gasteiger partial charge in [0.25, 0.3) is 0 Å². The number of nitrogens with zero attached hydrogens (tertiary/aromatic N) is 1. The van der Waals surface area contributed by atoms with Gasteiger partial charge in [-0.1, -0.05) is 0 Å².